The van der Waals surface area contributed by atoms with E-state index in [4.69, 9.17) is 9.47 Å². The second-order valence-corrected chi connectivity index (χ2v) is 7.59. The van der Waals surface area contributed by atoms with Crippen LogP contribution in [-0.4, -0.2) is 30.9 Å². The Morgan fingerprint density at radius 2 is 1.56 bits per heavy atom. The number of ether oxygens (including phenoxy) is 2. The van der Waals surface area contributed by atoms with Gasteiger partial charge in [0, 0.05) is 10.0 Å². The molecular weight excluding hydrogens is 388 g/mol. The van der Waals surface area contributed by atoms with Gasteiger partial charge in [0.2, 0.25) is 0 Å². The van der Waals surface area contributed by atoms with Crippen molar-refractivity contribution in [3.05, 3.63) is 34.3 Å². The summed E-state index contributed by atoms with van der Waals surface area (Å²) in [6.07, 6.45) is 2.75. The Morgan fingerprint density at radius 3 is 2.12 bits per heavy atom. The highest BCUT2D eigenvalue weighted by atomic mass is 79.9. The number of halogens is 1. The van der Waals surface area contributed by atoms with E-state index in [0.717, 1.165) is 23.7 Å². The molecule has 4 atom stereocenters. The van der Waals surface area contributed by atoms with E-state index in [1.165, 1.54) is 0 Å². The fourth-order valence-electron chi connectivity index (χ4n) is 4.16. The normalized spacial score (nSPS) is 27.1. The quantitative estimate of drug-likeness (QED) is 0.532. The Labute approximate surface area is 155 Å². The van der Waals surface area contributed by atoms with E-state index in [1.807, 2.05) is 0 Å². The predicted molar refractivity (Wildman–Crippen MR) is 93.9 cm³/mol. The molecule has 2 bridgehead atoms. The Morgan fingerprint density at radius 1 is 1.00 bits per heavy atom. The van der Waals surface area contributed by atoms with Gasteiger partial charge in [-0.2, -0.15) is 0 Å². The molecular formula is C19H21BrO5. The van der Waals surface area contributed by atoms with Crippen molar-refractivity contribution in [2.24, 2.45) is 23.7 Å². The van der Waals surface area contributed by atoms with Crippen LogP contribution in [-0.2, 0) is 19.1 Å². The van der Waals surface area contributed by atoms with Crippen LogP contribution in [0.1, 0.15) is 36.5 Å². The van der Waals surface area contributed by atoms with Gasteiger partial charge in [-0.15, -0.1) is 0 Å². The third-order valence-electron chi connectivity index (χ3n) is 5.26. The summed E-state index contributed by atoms with van der Waals surface area (Å²) >= 11 is 3.31. The summed E-state index contributed by atoms with van der Waals surface area (Å²) in [4.78, 5) is 37.0. The summed E-state index contributed by atoms with van der Waals surface area (Å²) in [6.45, 7) is 1.76. The van der Waals surface area contributed by atoms with Crippen LogP contribution in [0.3, 0.4) is 0 Å². The van der Waals surface area contributed by atoms with Crippen LogP contribution in [0.25, 0.3) is 0 Å². The highest BCUT2D eigenvalue weighted by Crippen LogP contribution is 2.53. The first-order valence-electron chi connectivity index (χ1n) is 8.63. The van der Waals surface area contributed by atoms with E-state index in [0.29, 0.717) is 12.2 Å². The number of fused-ring (bicyclic) bond motifs is 2. The van der Waals surface area contributed by atoms with Gasteiger partial charge >= 0.3 is 11.9 Å². The number of benzene rings is 1. The SMILES string of the molecule is CCOC(=O)[C@@H]1[C@@H]2CC[C@@H](C2)[C@H]1C(=O)OCC(=O)c1ccc(Br)cc1. The van der Waals surface area contributed by atoms with Gasteiger partial charge in [-0.1, -0.05) is 28.1 Å². The molecule has 134 valence electrons. The van der Waals surface area contributed by atoms with Gasteiger partial charge in [0.05, 0.1) is 18.4 Å². The van der Waals surface area contributed by atoms with Crippen LogP contribution < -0.4 is 0 Å². The van der Waals surface area contributed by atoms with Crippen LogP contribution in [0.4, 0.5) is 0 Å². The van der Waals surface area contributed by atoms with E-state index in [1.54, 1.807) is 31.2 Å². The molecule has 0 saturated heterocycles. The van der Waals surface area contributed by atoms with Gasteiger partial charge in [0.25, 0.3) is 0 Å². The van der Waals surface area contributed by atoms with E-state index in [-0.39, 0.29) is 30.2 Å². The zero-order valence-electron chi connectivity index (χ0n) is 14.1. The number of Topliss-reactive ketones (excluding diaryl/α,β-unsaturated/α-hetero) is 1. The van der Waals surface area contributed by atoms with Gasteiger partial charge in [-0.3, -0.25) is 14.4 Å². The molecule has 0 amide bonds. The van der Waals surface area contributed by atoms with Gasteiger partial charge in [0.1, 0.15) is 0 Å². The van der Waals surface area contributed by atoms with Crippen molar-refractivity contribution in [1.82, 2.24) is 0 Å². The standard InChI is InChI=1S/C19H21BrO5/c1-2-24-18(22)16-12-3-4-13(9-12)17(16)19(23)25-10-15(21)11-5-7-14(20)8-6-11/h5-8,12-13,16-17H,2-4,9-10H2,1H3/t12-,13+,16-,17-/m1/s1. The molecule has 6 heteroatoms. The molecule has 0 N–H and O–H groups in total. The lowest BCUT2D eigenvalue weighted by molar-refractivity contribution is -0.162. The number of ketones is 1. The maximum absolute atomic E-state index is 12.6. The molecule has 2 aliphatic carbocycles. The number of carbonyl (C=O) groups excluding carboxylic acids is 3. The van der Waals surface area contributed by atoms with E-state index in [9.17, 15) is 14.4 Å². The molecule has 25 heavy (non-hydrogen) atoms. The zero-order chi connectivity index (χ0) is 18.0. The van der Waals surface area contributed by atoms with Crippen molar-refractivity contribution >= 4 is 33.7 Å². The van der Waals surface area contributed by atoms with Crippen LogP contribution in [0.15, 0.2) is 28.7 Å². The summed E-state index contributed by atoms with van der Waals surface area (Å²) in [7, 11) is 0. The molecule has 0 unspecified atom stereocenters. The molecule has 0 aliphatic heterocycles. The lowest BCUT2D eigenvalue weighted by Crippen LogP contribution is -2.37. The molecule has 1 aromatic carbocycles. The number of carbonyl (C=O) groups is 3. The molecule has 0 spiro atoms. The van der Waals surface area contributed by atoms with Crippen molar-refractivity contribution in [1.29, 1.82) is 0 Å². The lowest BCUT2D eigenvalue weighted by atomic mass is 9.79. The third kappa shape index (κ3) is 3.78. The van der Waals surface area contributed by atoms with E-state index < -0.39 is 17.8 Å². The minimum atomic E-state index is -0.476. The van der Waals surface area contributed by atoms with Crippen LogP contribution >= 0.6 is 15.9 Å². The highest BCUT2D eigenvalue weighted by molar-refractivity contribution is 9.10. The summed E-state index contributed by atoms with van der Waals surface area (Å²) in [5.41, 5.74) is 0.492. The van der Waals surface area contributed by atoms with Gasteiger partial charge in [-0.05, 0) is 50.2 Å². The molecule has 0 radical (unpaired) electrons. The number of hydrogen-bond acceptors (Lipinski definition) is 5. The Hall–Kier alpha value is -1.69. The fraction of sp³-hybridized carbons (Fsp3) is 0.526. The Bertz CT molecular complexity index is 669. The van der Waals surface area contributed by atoms with Crippen LogP contribution in [0.2, 0.25) is 0 Å². The first-order chi connectivity index (χ1) is 12.0. The molecule has 0 aromatic heterocycles. The van der Waals surface area contributed by atoms with Crippen molar-refractivity contribution in [2.75, 3.05) is 13.2 Å². The summed E-state index contributed by atoms with van der Waals surface area (Å²) in [5, 5.41) is 0. The lowest BCUT2D eigenvalue weighted by Gasteiger charge is -2.27. The summed E-state index contributed by atoms with van der Waals surface area (Å²) < 4.78 is 11.3. The minimum absolute atomic E-state index is 0.162. The van der Waals surface area contributed by atoms with Gasteiger partial charge < -0.3 is 9.47 Å². The fourth-order valence-corrected chi connectivity index (χ4v) is 4.42. The first kappa shape index (κ1) is 18.1. The molecule has 1 aromatic rings. The second kappa shape index (κ2) is 7.68. The van der Waals surface area contributed by atoms with Gasteiger partial charge in [-0.25, -0.2) is 0 Å². The van der Waals surface area contributed by atoms with Crippen molar-refractivity contribution in [3.63, 3.8) is 0 Å². The number of esters is 2. The smallest absolute Gasteiger partial charge is 0.310 e. The summed E-state index contributed by atoms with van der Waals surface area (Å²) in [5.74, 6) is -1.55. The van der Waals surface area contributed by atoms with Crippen LogP contribution in [0.5, 0.6) is 0 Å². The third-order valence-corrected chi connectivity index (χ3v) is 5.79. The average molecular weight is 409 g/mol. The molecule has 0 heterocycles. The molecule has 5 nitrogen and oxygen atoms in total. The molecule has 3 rings (SSSR count). The van der Waals surface area contributed by atoms with E-state index in [2.05, 4.69) is 15.9 Å². The van der Waals surface area contributed by atoms with Crippen molar-refractivity contribution in [2.45, 2.75) is 26.2 Å². The second-order valence-electron chi connectivity index (χ2n) is 6.67. The highest BCUT2D eigenvalue weighted by Gasteiger charge is 2.55. The molecule has 2 saturated carbocycles. The topological polar surface area (TPSA) is 69.7 Å². The predicted octanol–water partition coefficient (Wildman–Crippen LogP) is 3.40. The maximum atomic E-state index is 12.6. The van der Waals surface area contributed by atoms with E-state index >= 15 is 0 Å². The average Bonchev–Trinajstić information content (AvgIpc) is 3.21. The zero-order valence-corrected chi connectivity index (χ0v) is 15.7. The maximum Gasteiger partial charge on any atom is 0.310 e. The first-order valence-corrected chi connectivity index (χ1v) is 9.42. The number of hydrogen-bond donors (Lipinski definition) is 0. The Balaban J connectivity index is 1.62. The monoisotopic (exact) mass is 408 g/mol. The largest absolute Gasteiger partial charge is 0.466 e. The Kier molecular flexibility index (Phi) is 5.57. The molecule has 2 fully saturated rings. The minimum Gasteiger partial charge on any atom is -0.466 e. The van der Waals surface area contributed by atoms with Crippen LogP contribution in [0, 0.1) is 23.7 Å². The summed E-state index contributed by atoms with van der Waals surface area (Å²) in [6, 6.07) is 6.89. The number of rotatable bonds is 6. The van der Waals surface area contributed by atoms with Gasteiger partial charge in [0.15, 0.2) is 12.4 Å². The van der Waals surface area contributed by atoms with Crippen molar-refractivity contribution in [3.8, 4) is 0 Å². The molecule has 2 aliphatic rings. The van der Waals surface area contributed by atoms with Crippen molar-refractivity contribution < 1.29 is 23.9 Å².